The number of fused-ring (bicyclic) bond motifs is 1. The number of carbonyl (C=O) groups excluding carboxylic acids is 1. The molecule has 2 heterocycles. The number of carbonyl (C=O) groups is 1. The summed E-state index contributed by atoms with van der Waals surface area (Å²) in [6.45, 7) is 2.08. The second-order valence-electron chi connectivity index (χ2n) is 6.72. The molecule has 0 radical (unpaired) electrons. The fraction of sp³-hybridized carbons (Fsp3) is 0.130. The molecule has 0 aliphatic carbocycles. The van der Waals surface area contributed by atoms with E-state index in [1.54, 1.807) is 55.5 Å². The molecular weight excluding hydrogens is 382 g/mol. The van der Waals surface area contributed by atoms with Gasteiger partial charge in [0, 0.05) is 22.9 Å². The highest BCUT2D eigenvalue weighted by molar-refractivity contribution is 5.89. The van der Waals surface area contributed by atoms with Crippen LogP contribution in [-0.4, -0.2) is 12.6 Å². The number of nitriles is 1. The molecule has 30 heavy (non-hydrogen) atoms. The molecule has 0 saturated carbocycles. The van der Waals surface area contributed by atoms with Gasteiger partial charge in [0.05, 0.1) is 18.1 Å². The van der Waals surface area contributed by atoms with E-state index in [1.807, 2.05) is 6.07 Å². The fourth-order valence-corrected chi connectivity index (χ4v) is 3.41. The van der Waals surface area contributed by atoms with Crippen LogP contribution in [0.2, 0.25) is 0 Å². The molecule has 0 saturated heterocycles. The number of esters is 1. The first-order valence-corrected chi connectivity index (χ1v) is 9.36. The van der Waals surface area contributed by atoms with Gasteiger partial charge >= 0.3 is 5.97 Å². The molecule has 1 aromatic heterocycles. The maximum atomic E-state index is 11.8. The van der Waals surface area contributed by atoms with E-state index in [0.29, 0.717) is 35.1 Å². The molecule has 0 unspecified atom stereocenters. The topological polar surface area (TPSA) is 124 Å². The number of nitrogen functional groups attached to an aromatic ring is 1. The fourth-order valence-electron chi connectivity index (χ4n) is 3.41. The molecule has 0 amide bonds. The standard InChI is InChI=1S/C23H19N3O4/c1-2-28-23(27)14-5-3-13(4-6-14)18-9-10-19(29-18)21-16-8-7-15(25)11-20(16)30-22(26)17(21)12-24/h3-11,21H,2,25-26H2,1H3/t21-/m0/s1. The van der Waals surface area contributed by atoms with Gasteiger partial charge in [0.15, 0.2) is 0 Å². The number of furan rings is 1. The van der Waals surface area contributed by atoms with Gasteiger partial charge in [0.1, 0.15) is 28.9 Å². The Morgan fingerprint density at radius 2 is 1.90 bits per heavy atom. The van der Waals surface area contributed by atoms with Crippen molar-refractivity contribution in [3.63, 3.8) is 0 Å². The van der Waals surface area contributed by atoms with Gasteiger partial charge in [-0.15, -0.1) is 0 Å². The van der Waals surface area contributed by atoms with Crippen molar-refractivity contribution in [1.82, 2.24) is 0 Å². The lowest BCUT2D eigenvalue weighted by molar-refractivity contribution is 0.0526. The van der Waals surface area contributed by atoms with Crippen molar-refractivity contribution in [2.45, 2.75) is 12.8 Å². The van der Waals surface area contributed by atoms with E-state index >= 15 is 0 Å². The molecule has 0 bridgehead atoms. The quantitative estimate of drug-likeness (QED) is 0.501. The van der Waals surface area contributed by atoms with Crippen molar-refractivity contribution < 1.29 is 18.7 Å². The summed E-state index contributed by atoms with van der Waals surface area (Å²) in [6, 6.07) is 17.9. The first kappa shape index (κ1) is 19.2. The van der Waals surface area contributed by atoms with Crippen LogP contribution in [0.25, 0.3) is 11.3 Å². The maximum absolute atomic E-state index is 11.8. The molecule has 1 aliphatic rings. The van der Waals surface area contributed by atoms with Gasteiger partial charge in [-0.2, -0.15) is 5.26 Å². The van der Waals surface area contributed by atoms with Gasteiger partial charge in [-0.25, -0.2) is 4.79 Å². The largest absolute Gasteiger partial charge is 0.462 e. The number of anilines is 1. The average Bonchev–Trinajstić information content (AvgIpc) is 3.22. The lowest BCUT2D eigenvalue weighted by Crippen LogP contribution is -2.20. The normalized spacial score (nSPS) is 15.1. The smallest absolute Gasteiger partial charge is 0.338 e. The van der Waals surface area contributed by atoms with Crippen LogP contribution in [0, 0.1) is 11.3 Å². The van der Waals surface area contributed by atoms with Gasteiger partial charge in [0.2, 0.25) is 5.88 Å². The predicted molar refractivity (Wildman–Crippen MR) is 110 cm³/mol. The summed E-state index contributed by atoms with van der Waals surface area (Å²) in [4.78, 5) is 11.8. The van der Waals surface area contributed by atoms with Crippen LogP contribution in [0.3, 0.4) is 0 Å². The van der Waals surface area contributed by atoms with Crippen LogP contribution in [-0.2, 0) is 4.74 Å². The first-order valence-electron chi connectivity index (χ1n) is 9.36. The summed E-state index contributed by atoms with van der Waals surface area (Å²) in [7, 11) is 0. The number of benzene rings is 2. The van der Waals surface area contributed by atoms with Crippen LogP contribution >= 0.6 is 0 Å². The van der Waals surface area contributed by atoms with Crippen molar-refractivity contribution >= 4 is 11.7 Å². The number of hydrogen-bond donors (Lipinski definition) is 2. The Morgan fingerprint density at radius 3 is 2.60 bits per heavy atom. The summed E-state index contributed by atoms with van der Waals surface area (Å²) in [5, 5.41) is 9.65. The number of nitrogens with zero attached hydrogens (tertiary/aromatic N) is 1. The zero-order valence-electron chi connectivity index (χ0n) is 16.2. The minimum Gasteiger partial charge on any atom is -0.462 e. The van der Waals surface area contributed by atoms with Crippen LogP contribution in [0.5, 0.6) is 5.75 Å². The van der Waals surface area contributed by atoms with Crippen LogP contribution in [0.4, 0.5) is 5.69 Å². The Morgan fingerprint density at radius 1 is 1.13 bits per heavy atom. The molecule has 1 aliphatic heterocycles. The molecule has 3 aromatic rings. The average molecular weight is 401 g/mol. The van der Waals surface area contributed by atoms with Gasteiger partial charge < -0.3 is 25.4 Å². The van der Waals surface area contributed by atoms with E-state index in [9.17, 15) is 10.1 Å². The highest BCUT2D eigenvalue weighted by Gasteiger charge is 2.33. The zero-order valence-corrected chi connectivity index (χ0v) is 16.2. The first-order chi connectivity index (χ1) is 14.5. The third-order valence-corrected chi connectivity index (χ3v) is 4.83. The monoisotopic (exact) mass is 401 g/mol. The molecule has 150 valence electrons. The van der Waals surface area contributed by atoms with Gasteiger partial charge in [-0.3, -0.25) is 0 Å². The van der Waals surface area contributed by atoms with Crippen molar-refractivity contribution in [3.8, 4) is 23.1 Å². The number of nitrogens with two attached hydrogens (primary N) is 2. The van der Waals surface area contributed by atoms with Crippen molar-refractivity contribution in [2.24, 2.45) is 5.73 Å². The third kappa shape index (κ3) is 3.35. The lowest BCUT2D eigenvalue weighted by atomic mass is 9.87. The molecule has 4 N–H and O–H groups in total. The Balaban J connectivity index is 1.70. The third-order valence-electron chi connectivity index (χ3n) is 4.83. The minimum absolute atomic E-state index is 0.0253. The molecule has 7 nitrogen and oxygen atoms in total. The molecule has 1 atom stereocenters. The number of rotatable bonds is 4. The zero-order chi connectivity index (χ0) is 21.3. The molecule has 2 aromatic carbocycles. The molecular formula is C23H19N3O4. The van der Waals surface area contributed by atoms with E-state index in [4.69, 9.17) is 25.4 Å². The molecule has 0 fully saturated rings. The van der Waals surface area contributed by atoms with E-state index in [-0.39, 0.29) is 17.4 Å². The minimum atomic E-state index is -0.507. The van der Waals surface area contributed by atoms with E-state index in [2.05, 4.69) is 6.07 Å². The van der Waals surface area contributed by atoms with Crippen molar-refractivity contribution in [3.05, 3.63) is 82.9 Å². The number of hydrogen-bond acceptors (Lipinski definition) is 7. The summed E-state index contributed by atoms with van der Waals surface area (Å²) < 4.78 is 16.7. The van der Waals surface area contributed by atoms with Gasteiger partial charge in [-0.05, 0) is 37.3 Å². The molecule has 0 spiro atoms. The van der Waals surface area contributed by atoms with Crippen LogP contribution in [0.1, 0.15) is 34.5 Å². The summed E-state index contributed by atoms with van der Waals surface area (Å²) in [5.74, 6) is 0.784. The summed E-state index contributed by atoms with van der Waals surface area (Å²) >= 11 is 0. The molecule has 4 rings (SSSR count). The van der Waals surface area contributed by atoms with Gasteiger partial charge in [-0.1, -0.05) is 18.2 Å². The van der Waals surface area contributed by atoms with Crippen molar-refractivity contribution in [2.75, 3.05) is 12.3 Å². The van der Waals surface area contributed by atoms with E-state index < -0.39 is 5.92 Å². The Bertz CT molecular complexity index is 1190. The highest BCUT2D eigenvalue weighted by Crippen LogP contribution is 2.43. The molecule has 7 heteroatoms. The van der Waals surface area contributed by atoms with Crippen molar-refractivity contribution in [1.29, 1.82) is 5.26 Å². The van der Waals surface area contributed by atoms with E-state index in [0.717, 1.165) is 11.1 Å². The highest BCUT2D eigenvalue weighted by atomic mass is 16.5. The predicted octanol–water partition coefficient (Wildman–Crippen LogP) is 3.92. The van der Waals surface area contributed by atoms with E-state index in [1.165, 1.54) is 0 Å². The summed E-state index contributed by atoms with van der Waals surface area (Å²) in [5.41, 5.74) is 14.6. The van der Waals surface area contributed by atoms with Crippen LogP contribution < -0.4 is 16.2 Å². The second kappa shape index (κ2) is 7.68. The second-order valence-corrected chi connectivity index (χ2v) is 6.72. The lowest BCUT2D eigenvalue weighted by Gasteiger charge is -2.24. The summed E-state index contributed by atoms with van der Waals surface area (Å²) in [6.07, 6.45) is 0. The number of allylic oxidation sites excluding steroid dienone is 1. The Hall–Kier alpha value is -4.18. The Kier molecular flexibility index (Phi) is 4.90. The SMILES string of the molecule is CCOC(=O)c1ccc(-c2ccc([C@@H]3C(C#N)=C(N)Oc4cc(N)ccc43)o2)cc1. The number of ether oxygens (including phenoxy) is 2. The maximum Gasteiger partial charge on any atom is 0.338 e. The van der Waals surface area contributed by atoms with Gasteiger partial charge in [0.25, 0.3) is 0 Å². The van der Waals surface area contributed by atoms with Crippen LogP contribution in [0.15, 0.2) is 70.5 Å². The Labute approximate surface area is 173 Å².